The Labute approximate surface area is 120 Å². The van der Waals surface area contributed by atoms with Crippen LogP contribution >= 0.6 is 10.7 Å². The minimum Gasteiger partial charge on any atom is -0.492 e. The highest BCUT2D eigenvalue weighted by atomic mass is 35.7. The van der Waals surface area contributed by atoms with Gasteiger partial charge < -0.3 is 4.74 Å². The summed E-state index contributed by atoms with van der Waals surface area (Å²) in [7, 11) is 2.99. The molecular weight excluding hydrogens is 307 g/mol. The first-order chi connectivity index (χ1) is 9.38. The van der Waals surface area contributed by atoms with Gasteiger partial charge in [0.1, 0.15) is 16.5 Å². The number of ether oxygens (including phenoxy) is 1. The van der Waals surface area contributed by atoms with Crippen LogP contribution in [0.1, 0.15) is 5.69 Å². The average molecular weight is 319 g/mol. The molecule has 1 aromatic heterocycles. The van der Waals surface area contributed by atoms with Crippen molar-refractivity contribution in [3.63, 3.8) is 0 Å². The first-order valence-corrected chi connectivity index (χ1v) is 8.03. The number of aryl methyl sites for hydroxylation is 1. The minimum atomic E-state index is -4.06. The van der Waals surface area contributed by atoms with Gasteiger partial charge in [0.05, 0.1) is 6.61 Å². The first-order valence-electron chi connectivity index (χ1n) is 5.72. The summed E-state index contributed by atoms with van der Waals surface area (Å²) in [5.41, 5.74) is 0.933. The lowest BCUT2D eigenvalue weighted by atomic mass is 10.3. The Kier molecular flexibility index (Phi) is 4.29. The van der Waals surface area contributed by atoms with Gasteiger partial charge >= 0.3 is 0 Å². The van der Waals surface area contributed by atoms with E-state index in [-0.39, 0.29) is 17.3 Å². The normalized spacial score (nSPS) is 11.6. The second-order valence-corrected chi connectivity index (χ2v) is 6.61. The predicted molar refractivity (Wildman–Crippen MR) is 71.8 cm³/mol. The topological polar surface area (TPSA) is 61.2 Å². The second-order valence-electron chi connectivity index (χ2n) is 4.07. The standard InChI is InChI=1S/C12H12ClFN2O3S/c1-16-10(4-6-15-16)5-7-19-11-3-2-9(14)8-12(11)20(13,17)18/h2-4,6,8H,5,7H2,1H3. The highest BCUT2D eigenvalue weighted by molar-refractivity contribution is 8.13. The summed E-state index contributed by atoms with van der Waals surface area (Å²) in [6.45, 7) is 0.227. The fourth-order valence-electron chi connectivity index (χ4n) is 1.70. The molecule has 0 amide bonds. The predicted octanol–water partition coefficient (Wildman–Crippen LogP) is 2.11. The van der Waals surface area contributed by atoms with E-state index >= 15 is 0 Å². The molecule has 2 rings (SSSR count). The lowest BCUT2D eigenvalue weighted by molar-refractivity contribution is 0.309. The van der Waals surface area contributed by atoms with E-state index in [4.69, 9.17) is 15.4 Å². The Balaban J connectivity index is 2.12. The zero-order valence-corrected chi connectivity index (χ0v) is 12.2. The highest BCUT2D eigenvalue weighted by Crippen LogP contribution is 2.27. The summed E-state index contributed by atoms with van der Waals surface area (Å²) in [4.78, 5) is -0.371. The maximum Gasteiger partial charge on any atom is 0.265 e. The number of aromatic nitrogens is 2. The van der Waals surface area contributed by atoms with Crippen LogP contribution in [0.15, 0.2) is 35.4 Å². The molecule has 0 fully saturated rings. The maximum atomic E-state index is 13.1. The number of nitrogens with zero attached hydrogens (tertiary/aromatic N) is 2. The van der Waals surface area contributed by atoms with Crippen molar-refractivity contribution in [1.29, 1.82) is 0 Å². The van der Waals surface area contributed by atoms with E-state index in [1.165, 1.54) is 6.07 Å². The molecule has 5 nitrogen and oxygen atoms in total. The quantitative estimate of drug-likeness (QED) is 0.792. The van der Waals surface area contributed by atoms with Gasteiger partial charge in [-0.2, -0.15) is 5.10 Å². The third-order valence-electron chi connectivity index (χ3n) is 2.71. The summed E-state index contributed by atoms with van der Waals surface area (Å²) in [5.74, 6) is -0.660. The fraction of sp³-hybridized carbons (Fsp3) is 0.250. The van der Waals surface area contributed by atoms with Gasteiger partial charge in [0, 0.05) is 36.0 Å². The molecule has 1 aromatic carbocycles. The van der Waals surface area contributed by atoms with Crippen molar-refractivity contribution >= 4 is 19.7 Å². The van der Waals surface area contributed by atoms with Crippen molar-refractivity contribution in [1.82, 2.24) is 9.78 Å². The summed E-state index contributed by atoms with van der Waals surface area (Å²) in [5, 5.41) is 4.01. The van der Waals surface area contributed by atoms with Crippen molar-refractivity contribution in [2.75, 3.05) is 6.61 Å². The van der Waals surface area contributed by atoms with Crippen molar-refractivity contribution < 1.29 is 17.5 Å². The molecule has 108 valence electrons. The van der Waals surface area contributed by atoms with Gasteiger partial charge in [0.15, 0.2) is 0 Å². The lowest BCUT2D eigenvalue weighted by Crippen LogP contribution is -2.07. The molecule has 0 atom stereocenters. The van der Waals surface area contributed by atoms with Gasteiger partial charge in [0.2, 0.25) is 0 Å². The lowest BCUT2D eigenvalue weighted by Gasteiger charge is -2.09. The average Bonchev–Trinajstić information content (AvgIpc) is 2.76. The number of halogens is 2. The third kappa shape index (κ3) is 3.49. The van der Waals surface area contributed by atoms with E-state index in [1.54, 1.807) is 17.9 Å². The van der Waals surface area contributed by atoms with Crippen molar-refractivity contribution in [2.24, 2.45) is 7.05 Å². The number of hydrogen-bond acceptors (Lipinski definition) is 4. The number of benzene rings is 1. The van der Waals surface area contributed by atoms with Crippen LogP contribution in [0.4, 0.5) is 4.39 Å². The molecule has 0 saturated carbocycles. The molecule has 2 aromatic rings. The molecule has 0 radical (unpaired) electrons. The Hall–Kier alpha value is -1.60. The van der Waals surface area contributed by atoms with Gasteiger partial charge in [-0.05, 0) is 24.3 Å². The molecule has 0 spiro atoms. The number of hydrogen-bond donors (Lipinski definition) is 0. The van der Waals surface area contributed by atoms with E-state index in [9.17, 15) is 12.8 Å². The minimum absolute atomic E-state index is 0.0311. The summed E-state index contributed by atoms with van der Waals surface area (Å²) >= 11 is 0. The monoisotopic (exact) mass is 318 g/mol. The number of rotatable bonds is 5. The van der Waals surface area contributed by atoms with E-state index in [2.05, 4.69) is 5.10 Å². The Morgan fingerprint density at radius 3 is 2.75 bits per heavy atom. The van der Waals surface area contributed by atoms with E-state index < -0.39 is 14.9 Å². The van der Waals surface area contributed by atoms with Gasteiger partial charge in [-0.25, -0.2) is 12.8 Å². The zero-order chi connectivity index (χ0) is 14.8. The molecule has 0 aliphatic heterocycles. The molecule has 0 N–H and O–H groups in total. The maximum absolute atomic E-state index is 13.1. The van der Waals surface area contributed by atoms with Crippen molar-refractivity contribution in [3.8, 4) is 5.75 Å². The van der Waals surface area contributed by atoms with Crippen molar-refractivity contribution in [3.05, 3.63) is 42.0 Å². The zero-order valence-electron chi connectivity index (χ0n) is 10.6. The van der Waals surface area contributed by atoms with Crippen LogP contribution in [0.3, 0.4) is 0 Å². The van der Waals surface area contributed by atoms with Gasteiger partial charge in [-0.15, -0.1) is 0 Å². The van der Waals surface area contributed by atoms with Gasteiger partial charge in [-0.3, -0.25) is 4.68 Å². The molecule has 8 heteroatoms. The molecule has 0 unspecified atom stereocenters. The van der Waals surface area contributed by atoms with Gasteiger partial charge in [-0.1, -0.05) is 0 Å². The molecule has 1 heterocycles. The SMILES string of the molecule is Cn1nccc1CCOc1ccc(F)cc1S(=O)(=O)Cl. The Morgan fingerprint density at radius 1 is 1.40 bits per heavy atom. The third-order valence-corrected chi connectivity index (χ3v) is 4.05. The molecule has 0 saturated heterocycles. The molecule has 20 heavy (non-hydrogen) atoms. The van der Waals surface area contributed by atoms with E-state index in [1.807, 2.05) is 6.07 Å². The summed E-state index contributed by atoms with van der Waals surface area (Å²) < 4.78 is 42.9. The van der Waals surface area contributed by atoms with Crippen LogP contribution in [0, 0.1) is 5.82 Å². The fourth-order valence-corrected chi connectivity index (χ4v) is 2.69. The van der Waals surface area contributed by atoms with Crippen LogP contribution in [0.2, 0.25) is 0 Å². The van der Waals surface area contributed by atoms with Crippen LogP contribution < -0.4 is 4.74 Å². The van der Waals surface area contributed by atoms with E-state index in [0.717, 1.165) is 17.8 Å². The van der Waals surface area contributed by atoms with Gasteiger partial charge in [0.25, 0.3) is 9.05 Å². The second kappa shape index (κ2) is 5.80. The van der Waals surface area contributed by atoms with E-state index in [0.29, 0.717) is 6.42 Å². The highest BCUT2D eigenvalue weighted by Gasteiger charge is 2.18. The Morgan fingerprint density at radius 2 is 2.15 bits per heavy atom. The van der Waals surface area contributed by atoms with Crippen LogP contribution in [0.25, 0.3) is 0 Å². The summed E-state index contributed by atoms with van der Waals surface area (Å²) in [6, 6.07) is 5.02. The molecule has 0 bridgehead atoms. The van der Waals surface area contributed by atoms with Crippen LogP contribution in [-0.4, -0.2) is 24.8 Å². The smallest absolute Gasteiger partial charge is 0.265 e. The van der Waals surface area contributed by atoms with Crippen molar-refractivity contribution in [2.45, 2.75) is 11.3 Å². The summed E-state index contributed by atoms with van der Waals surface area (Å²) in [6.07, 6.45) is 2.19. The van der Waals surface area contributed by atoms with Crippen LogP contribution in [-0.2, 0) is 22.5 Å². The largest absolute Gasteiger partial charge is 0.492 e. The molecule has 0 aliphatic rings. The van der Waals surface area contributed by atoms with Crippen LogP contribution in [0.5, 0.6) is 5.75 Å². The molecular formula is C12H12ClFN2O3S. The Bertz CT molecular complexity index is 715. The first kappa shape index (κ1) is 14.8. The molecule has 0 aliphatic carbocycles.